The van der Waals surface area contributed by atoms with Crippen LogP contribution < -0.4 is 10.5 Å². The summed E-state index contributed by atoms with van der Waals surface area (Å²) in [4.78, 5) is 18.2. The fourth-order valence-corrected chi connectivity index (χ4v) is 2.65. The van der Waals surface area contributed by atoms with E-state index in [9.17, 15) is 4.79 Å². The molecule has 2 aromatic rings. The minimum atomic E-state index is -0.262. The average molecular weight is 260 g/mol. The normalized spacial score (nSPS) is 19.4. The van der Waals surface area contributed by atoms with Gasteiger partial charge in [0.15, 0.2) is 0 Å². The zero-order valence-electron chi connectivity index (χ0n) is 11.0. The molecule has 3 rings (SSSR count). The third-order valence-electron chi connectivity index (χ3n) is 3.64. The smallest absolute Gasteiger partial charge is 0.245 e. The Morgan fingerprint density at radius 1 is 1.47 bits per heavy atom. The number of carbonyl (C=O) groups is 1. The van der Waals surface area contributed by atoms with Crippen molar-refractivity contribution in [1.82, 2.24) is 14.5 Å². The van der Waals surface area contributed by atoms with Crippen LogP contribution in [0.25, 0.3) is 11.0 Å². The maximum atomic E-state index is 12.1. The lowest BCUT2D eigenvalue weighted by Crippen LogP contribution is -2.25. The number of imidazole rings is 1. The van der Waals surface area contributed by atoms with Crippen molar-refractivity contribution >= 4 is 22.9 Å². The molecule has 2 heterocycles. The first-order chi connectivity index (χ1) is 9.13. The van der Waals surface area contributed by atoms with Crippen LogP contribution in [0.2, 0.25) is 0 Å². The van der Waals surface area contributed by atoms with Crippen LogP contribution in [0.1, 0.15) is 12.5 Å². The van der Waals surface area contributed by atoms with E-state index in [0.717, 1.165) is 18.5 Å². The highest BCUT2D eigenvalue weighted by Gasteiger charge is 2.33. The number of nitrogens with zero attached hydrogens (tertiary/aromatic N) is 3. The van der Waals surface area contributed by atoms with Gasteiger partial charge in [-0.05, 0) is 18.6 Å². The van der Waals surface area contributed by atoms with Gasteiger partial charge in [0.05, 0.1) is 12.6 Å². The first kappa shape index (κ1) is 11.8. The lowest BCUT2D eigenvalue weighted by Gasteiger charge is -2.14. The molecule has 1 atom stereocenters. The predicted molar refractivity (Wildman–Crippen MR) is 72.0 cm³/mol. The number of carbonyl (C=O) groups excluding carboxylic acids is 1. The van der Waals surface area contributed by atoms with Crippen molar-refractivity contribution in [2.75, 3.05) is 26.4 Å². The van der Waals surface area contributed by atoms with Crippen LogP contribution in [0.15, 0.2) is 18.2 Å². The number of ether oxygens (including phenoxy) is 1. The van der Waals surface area contributed by atoms with E-state index in [1.54, 1.807) is 19.1 Å². The lowest BCUT2D eigenvalue weighted by molar-refractivity contribution is -0.129. The fraction of sp³-hybridized carbons (Fsp3) is 0.385. The van der Waals surface area contributed by atoms with E-state index in [1.165, 1.54) is 0 Å². The van der Waals surface area contributed by atoms with Crippen LogP contribution in [-0.4, -0.2) is 41.1 Å². The highest BCUT2D eigenvalue weighted by atomic mass is 16.5. The third-order valence-corrected chi connectivity index (χ3v) is 3.64. The van der Waals surface area contributed by atoms with Crippen LogP contribution in [-0.2, 0) is 4.79 Å². The molecule has 1 aliphatic heterocycles. The molecular formula is C13H16N4O2. The molecule has 1 aromatic carbocycles. The van der Waals surface area contributed by atoms with E-state index >= 15 is 0 Å². The number of fused-ring (bicyclic) bond motifs is 1. The summed E-state index contributed by atoms with van der Waals surface area (Å²) in [6.45, 7) is 0.743. The van der Waals surface area contributed by atoms with Crippen molar-refractivity contribution in [3.05, 3.63) is 18.2 Å². The van der Waals surface area contributed by atoms with Gasteiger partial charge >= 0.3 is 0 Å². The molecule has 1 amide bonds. The van der Waals surface area contributed by atoms with Crippen molar-refractivity contribution in [2.24, 2.45) is 0 Å². The second kappa shape index (κ2) is 4.15. The summed E-state index contributed by atoms with van der Waals surface area (Å²) in [5.74, 6) is 1.10. The van der Waals surface area contributed by atoms with Crippen molar-refractivity contribution in [1.29, 1.82) is 0 Å². The van der Waals surface area contributed by atoms with E-state index in [-0.39, 0.29) is 11.9 Å². The molecular weight excluding hydrogens is 244 g/mol. The van der Waals surface area contributed by atoms with Gasteiger partial charge in [0.1, 0.15) is 17.3 Å². The number of nitrogen functional groups attached to an aromatic ring is 1. The van der Waals surface area contributed by atoms with Gasteiger partial charge in [-0.25, -0.2) is 4.98 Å². The Kier molecular flexibility index (Phi) is 2.58. The van der Waals surface area contributed by atoms with Crippen LogP contribution in [0, 0.1) is 0 Å². The molecule has 6 heteroatoms. The minimum absolute atomic E-state index is 0.0776. The summed E-state index contributed by atoms with van der Waals surface area (Å²) in [6, 6.07) is 5.36. The number of anilines is 1. The summed E-state index contributed by atoms with van der Waals surface area (Å²) in [7, 11) is 3.40. The molecule has 2 N–H and O–H groups in total. The standard InChI is InChI=1S/C13H16N4O2/c1-16-7-6-9(12(16)18)17-8-4-3-5-10(19-2)11(8)15-13(17)14/h3-5,9H,6-7H2,1-2H3,(H2,14,15). The number of likely N-dealkylation sites (N-methyl/N-ethyl adjacent to an activating group) is 1. The number of rotatable bonds is 2. The van der Waals surface area contributed by atoms with Gasteiger partial charge in [0.2, 0.25) is 11.9 Å². The third kappa shape index (κ3) is 1.63. The molecule has 6 nitrogen and oxygen atoms in total. The van der Waals surface area contributed by atoms with Gasteiger partial charge in [0.25, 0.3) is 0 Å². The number of nitrogens with two attached hydrogens (primary N) is 1. The average Bonchev–Trinajstić information content (AvgIpc) is 2.90. The molecule has 0 bridgehead atoms. The summed E-state index contributed by atoms with van der Waals surface area (Å²) < 4.78 is 7.09. The Balaban J connectivity index is 2.19. The monoisotopic (exact) mass is 260 g/mol. The van der Waals surface area contributed by atoms with E-state index in [2.05, 4.69) is 4.98 Å². The second-order valence-electron chi connectivity index (χ2n) is 4.73. The summed E-state index contributed by atoms with van der Waals surface area (Å²) >= 11 is 0. The van der Waals surface area contributed by atoms with Crippen LogP contribution >= 0.6 is 0 Å². The molecule has 19 heavy (non-hydrogen) atoms. The number of hydrogen-bond donors (Lipinski definition) is 1. The molecule has 1 saturated heterocycles. The first-order valence-electron chi connectivity index (χ1n) is 6.19. The fourth-order valence-electron chi connectivity index (χ4n) is 2.65. The second-order valence-corrected chi connectivity index (χ2v) is 4.73. The van der Waals surface area contributed by atoms with Crippen molar-refractivity contribution < 1.29 is 9.53 Å². The Hall–Kier alpha value is -2.24. The van der Waals surface area contributed by atoms with Crippen molar-refractivity contribution in [3.63, 3.8) is 0 Å². The predicted octanol–water partition coefficient (Wildman–Crippen LogP) is 1.03. The van der Waals surface area contributed by atoms with E-state index in [0.29, 0.717) is 17.2 Å². The SMILES string of the molecule is COc1cccc2c1nc(N)n2C1CCN(C)C1=O. The number of likely N-dealkylation sites (tertiary alicyclic amines) is 1. The number of methoxy groups -OCH3 is 1. The molecule has 1 unspecified atom stereocenters. The quantitative estimate of drug-likeness (QED) is 0.875. The number of amides is 1. The maximum absolute atomic E-state index is 12.1. The number of aromatic nitrogens is 2. The van der Waals surface area contributed by atoms with Gasteiger partial charge in [-0.3, -0.25) is 9.36 Å². The molecule has 0 radical (unpaired) electrons. The van der Waals surface area contributed by atoms with Crippen LogP contribution in [0.3, 0.4) is 0 Å². The Morgan fingerprint density at radius 3 is 2.89 bits per heavy atom. The molecule has 1 aliphatic rings. The van der Waals surface area contributed by atoms with Gasteiger partial charge in [-0.2, -0.15) is 0 Å². The largest absolute Gasteiger partial charge is 0.494 e. The van der Waals surface area contributed by atoms with Gasteiger partial charge in [-0.1, -0.05) is 6.07 Å². The molecule has 100 valence electrons. The lowest BCUT2D eigenvalue weighted by atomic mass is 10.2. The highest BCUT2D eigenvalue weighted by molar-refractivity contribution is 5.89. The Bertz CT molecular complexity index is 649. The minimum Gasteiger partial charge on any atom is -0.494 e. The maximum Gasteiger partial charge on any atom is 0.245 e. The number of benzene rings is 1. The zero-order valence-corrected chi connectivity index (χ0v) is 11.0. The summed E-state index contributed by atoms with van der Waals surface area (Å²) in [5, 5.41) is 0. The zero-order chi connectivity index (χ0) is 13.6. The summed E-state index contributed by atoms with van der Waals surface area (Å²) in [5.41, 5.74) is 7.53. The van der Waals surface area contributed by atoms with Crippen molar-refractivity contribution in [3.8, 4) is 5.75 Å². The van der Waals surface area contributed by atoms with Gasteiger partial charge in [0, 0.05) is 13.6 Å². The van der Waals surface area contributed by atoms with Crippen LogP contribution in [0.5, 0.6) is 5.75 Å². The van der Waals surface area contributed by atoms with Gasteiger partial charge in [-0.15, -0.1) is 0 Å². The topological polar surface area (TPSA) is 73.4 Å². The highest BCUT2D eigenvalue weighted by Crippen LogP contribution is 2.33. The number of hydrogen-bond acceptors (Lipinski definition) is 4. The van der Waals surface area contributed by atoms with Crippen molar-refractivity contribution in [2.45, 2.75) is 12.5 Å². The Labute approximate surface area is 110 Å². The van der Waals surface area contributed by atoms with E-state index < -0.39 is 0 Å². The molecule has 1 fully saturated rings. The summed E-state index contributed by atoms with van der Waals surface area (Å²) in [6.07, 6.45) is 0.752. The molecule has 0 aliphatic carbocycles. The van der Waals surface area contributed by atoms with E-state index in [1.807, 2.05) is 22.8 Å². The molecule has 0 saturated carbocycles. The molecule has 1 aromatic heterocycles. The number of para-hydroxylation sites is 1. The van der Waals surface area contributed by atoms with E-state index in [4.69, 9.17) is 10.5 Å². The Morgan fingerprint density at radius 2 is 2.26 bits per heavy atom. The van der Waals surface area contributed by atoms with Gasteiger partial charge < -0.3 is 15.4 Å². The molecule has 0 spiro atoms. The van der Waals surface area contributed by atoms with Crippen LogP contribution in [0.4, 0.5) is 5.95 Å². The first-order valence-corrected chi connectivity index (χ1v) is 6.19.